The standard InChI is InChI=1S/C6H13ClN2/c7-5-2-1-4(8)3-6(5)9/h4-6H,1-3,8-9H2. The van der Waals surface area contributed by atoms with Crippen LogP contribution in [0.15, 0.2) is 0 Å². The highest BCUT2D eigenvalue weighted by Crippen LogP contribution is 2.20. The fraction of sp³-hybridized carbons (Fsp3) is 1.00. The van der Waals surface area contributed by atoms with Gasteiger partial charge < -0.3 is 11.5 Å². The number of halogens is 1. The van der Waals surface area contributed by atoms with Gasteiger partial charge in [-0.05, 0) is 19.3 Å². The third-order valence-electron chi connectivity index (χ3n) is 1.85. The van der Waals surface area contributed by atoms with Crippen LogP contribution in [0.2, 0.25) is 0 Å². The Balaban J connectivity index is 2.35. The van der Waals surface area contributed by atoms with Gasteiger partial charge >= 0.3 is 0 Å². The number of hydrogen-bond donors (Lipinski definition) is 2. The summed E-state index contributed by atoms with van der Waals surface area (Å²) in [7, 11) is 0. The smallest absolute Gasteiger partial charge is 0.0488 e. The lowest BCUT2D eigenvalue weighted by atomic mass is 9.92. The molecule has 0 bridgehead atoms. The van der Waals surface area contributed by atoms with Gasteiger partial charge in [-0.25, -0.2) is 0 Å². The summed E-state index contributed by atoms with van der Waals surface area (Å²) in [4.78, 5) is 0. The zero-order valence-corrected chi connectivity index (χ0v) is 6.14. The summed E-state index contributed by atoms with van der Waals surface area (Å²) in [6, 6.07) is 0.408. The van der Waals surface area contributed by atoms with Crippen LogP contribution in [-0.2, 0) is 0 Å². The van der Waals surface area contributed by atoms with Crippen LogP contribution in [0, 0.1) is 0 Å². The molecule has 1 rings (SSSR count). The SMILES string of the molecule is NC1CCC(Cl)C(N)C1. The normalized spacial score (nSPS) is 45.0. The lowest BCUT2D eigenvalue weighted by Gasteiger charge is -2.27. The van der Waals surface area contributed by atoms with Crippen LogP contribution in [0.1, 0.15) is 19.3 Å². The van der Waals surface area contributed by atoms with Crippen molar-refractivity contribution >= 4 is 11.6 Å². The van der Waals surface area contributed by atoms with Crippen molar-refractivity contribution < 1.29 is 0 Å². The molecule has 1 aliphatic rings. The molecule has 0 spiro atoms. The highest BCUT2D eigenvalue weighted by atomic mass is 35.5. The Hall–Kier alpha value is 0.210. The maximum absolute atomic E-state index is 5.85. The molecule has 2 nitrogen and oxygen atoms in total. The average molecular weight is 149 g/mol. The maximum atomic E-state index is 5.85. The molecule has 0 aliphatic heterocycles. The Labute approximate surface area is 60.5 Å². The molecule has 0 aromatic rings. The van der Waals surface area contributed by atoms with E-state index in [1.807, 2.05) is 0 Å². The van der Waals surface area contributed by atoms with Crippen LogP contribution in [-0.4, -0.2) is 17.5 Å². The van der Waals surface area contributed by atoms with E-state index in [9.17, 15) is 0 Å². The van der Waals surface area contributed by atoms with Crippen molar-refractivity contribution in [3.63, 3.8) is 0 Å². The molecule has 1 saturated carbocycles. The maximum Gasteiger partial charge on any atom is 0.0488 e. The topological polar surface area (TPSA) is 52.0 Å². The Bertz CT molecular complexity index is 97.1. The molecule has 0 saturated heterocycles. The average Bonchev–Trinajstić information content (AvgIpc) is 1.80. The summed E-state index contributed by atoms with van der Waals surface area (Å²) in [5, 5.41) is 0.157. The minimum Gasteiger partial charge on any atom is -0.328 e. The van der Waals surface area contributed by atoms with Crippen molar-refractivity contribution in [3.8, 4) is 0 Å². The summed E-state index contributed by atoms with van der Waals surface area (Å²) >= 11 is 5.85. The highest BCUT2D eigenvalue weighted by molar-refractivity contribution is 6.21. The number of nitrogens with two attached hydrogens (primary N) is 2. The number of rotatable bonds is 0. The fourth-order valence-electron chi connectivity index (χ4n) is 1.20. The van der Waals surface area contributed by atoms with Gasteiger partial charge in [-0.15, -0.1) is 11.6 Å². The van der Waals surface area contributed by atoms with Crippen molar-refractivity contribution in [3.05, 3.63) is 0 Å². The van der Waals surface area contributed by atoms with E-state index in [2.05, 4.69) is 0 Å². The van der Waals surface area contributed by atoms with E-state index in [1.54, 1.807) is 0 Å². The predicted molar refractivity (Wildman–Crippen MR) is 39.4 cm³/mol. The molecule has 0 amide bonds. The Morgan fingerprint density at radius 3 is 2.33 bits per heavy atom. The van der Waals surface area contributed by atoms with Crippen LogP contribution in [0.4, 0.5) is 0 Å². The van der Waals surface area contributed by atoms with E-state index in [1.165, 1.54) is 0 Å². The zero-order chi connectivity index (χ0) is 6.85. The lowest BCUT2D eigenvalue weighted by molar-refractivity contribution is 0.398. The van der Waals surface area contributed by atoms with Crippen molar-refractivity contribution in [1.29, 1.82) is 0 Å². The van der Waals surface area contributed by atoms with E-state index < -0.39 is 0 Å². The van der Waals surface area contributed by atoms with Gasteiger partial charge in [-0.1, -0.05) is 0 Å². The van der Waals surface area contributed by atoms with Crippen LogP contribution in [0.3, 0.4) is 0 Å². The Morgan fingerprint density at radius 2 is 1.89 bits per heavy atom. The molecule has 0 aromatic heterocycles. The second kappa shape index (κ2) is 2.86. The van der Waals surface area contributed by atoms with Crippen LogP contribution >= 0.6 is 11.6 Å². The molecule has 1 aliphatic carbocycles. The van der Waals surface area contributed by atoms with Gasteiger partial charge in [0.2, 0.25) is 0 Å². The first-order chi connectivity index (χ1) is 4.20. The van der Waals surface area contributed by atoms with Gasteiger partial charge in [0, 0.05) is 17.5 Å². The molecule has 0 radical (unpaired) electrons. The lowest BCUT2D eigenvalue weighted by Crippen LogP contribution is -2.42. The summed E-state index contributed by atoms with van der Waals surface area (Å²) < 4.78 is 0. The fourth-order valence-corrected chi connectivity index (χ4v) is 1.43. The van der Waals surface area contributed by atoms with Gasteiger partial charge in [0.1, 0.15) is 0 Å². The minimum atomic E-state index is 0.121. The molecule has 9 heavy (non-hydrogen) atoms. The second-order valence-corrected chi connectivity index (χ2v) is 3.31. The summed E-state index contributed by atoms with van der Waals surface area (Å²) in [5.74, 6) is 0. The van der Waals surface area contributed by atoms with Crippen molar-refractivity contribution in [2.75, 3.05) is 0 Å². The second-order valence-electron chi connectivity index (χ2n) is 2.75. The van der Waals surface area contributed by atoms with E-state index in [0.29, 0.717) is 0 Å². The molecule has 4 N–H and O–H groups in total. The molecule has 3 unspecified atom stereocenters. The van der Waals surface area contributed by atoms with Crippen molar-refractivity contribution in [1.82, 2.24) is 0 Å². The van der Waals surface area contributed by atoms with Gasteiger partial charge in [0.05, 0.1) is 0 Å². The van der Waals surface area contributed by atoms with Crippen LogP contribution < -0.4 is 11.5 Å². The van der Waals surface area contributed by atoms with Crippen molar-refractivity contribution in [2.24, 2.45) is 11.5 Å². The molecule has 1 fully saturated rings. The highest BCUT2D eigenvalue weighted by Gasteiger charge is 2.23. The number of hydrogen-bond acceptors (Lipinski definition) is 2. The molecule has 54 valence electrons. The third-order valence-corrected chi connectivity index (χ3v) is 2.39. The minimum absolute atomic E-state index is 0.121. The number of alkyl halides is 1. The molecule has 3 heteroatoms. The third kappa shape index (κ3) is 1.81. The van der Waals surface area contributed by atoms with E-state index in [0.717, 1.165) is 19.3 Å². The largest absolute Gasteiger partial charge is 0.328 e. The summed E-state index contributed by atoms with van der Waals surface area (Å²) in [6.07, 6.45) is 2.89. The van der Waals surface area contributed by atoms with Crippen LogP contribution in [0.5, 0.6) is 0 Å². The zero-order valence-electron chi connectivity index (χ0n) is 5.39. The first-order valence-corrected chi connectivity index (χ1v) is 3.79. The summed E-state index contributed by atoms with van der Waals surface area (Å²) in [5.41, 5.74) is 11.3. The monoisotopic (exact) mass is 148 g/mol. The van der Waals surface area contributed by atoms with E-state index in [-0.39, 0.29) is 17.5 Å². The quantitative estimate of drug-likeness (QED) is 0.490. The van der Waals surface area contributed by atoms with E-state index >= 15 is 0 Å². The molecule has 0 aromatic carbocycles. The van der Waals surface area contributed by atoms with Gasteiger partial charge in [0.15, 0.2) is 0 Å². The summed E-state index contributed by atoms with van der Waals surface area (Å²) in [6.45, 7) is 0. The molecule has 3 atom stereocenters. The Kier molecular flexibility index (Phi) is 2.33. The first-order valence-electron chi connectivity index (χ1n) is 3.35. The molecular weight excluding hydrogens is 136 g/mol. The molecule has 0 heterocycles. The Morgan fingerprint density at radius 1 is 1.22 bits per heavy atom. The van der Waals surface area contributed by atoms with Crippen LogP contribution in [0.25, 0.3) is 0 Å². The van der Waals surface area contributed by atoms with Crippen molar-refractivity contribution in [2.45, 2.75) is 36.7 Å². The first kappa shape index (κ1) is 7.32. The van der Waals surface area contributed by atoms with E-state index in [4.69, 9.17) is 23.1 Å². The van der Waals surface area contributed by atoms with Gasteiger partial charge in [-0.2, -0.15) is 0 Å². The van der Waals surface area contributed by atoms with Gasteiger partial charge in [0.25, 0.3) is 0 Å². The molecular formula is C6H13ClN2. The van der Waals surface area contributed by atoms with Gasteiger partial charge in [-0.3, -0.25) is 0 Å². The predicted octanol–water partition coefficient (Wildman–Crippen LogP) is 0.432.